The fourth-order valence-corrected chi connectivity index (χ4v) is 0.669. The summed E-state index contributed by atoms with van der Waals surface area (Å²) in [6.07, 6.45) is 0. The van der Waals surface area contributed by atoms with Crippen molar-refractivity contribution in [1.29, 1.82) is 0 Å². The molecule has 0 spiro atoms. The van der Waals surface area contributed by atoms with Crippen molar-refractivity contribution in [1.82, 2.24) is 0 Å². The number of rotatable bonds is 1. The maximum atomic E-state index is 10.7. The van der Waals surface area contributed by atoms with E-state index >= 15 is 0 Å². The fraction of sp³-hybridized carbons (Fsp3) is 0.667. The first kappa shape index (κ1) is 7.21. The van der Waals surface area contributed by atoms with E-state index in [2.05, 4.69) is 4.99 Å². The average molecular weight is 142 g/mol. The molecule has 0 radical (unpaired) electrons. The summed E-state index contributed by atoms with van der Waals surface area (Å²) in [5, 5.41) is 0. The molecule has 4 nitrogen and oxygen atoms in total. The van der Waals surface area contributed by atoms with Crippen molar-refractivity contribution in [2.45, 2.75) is 25.9 Å². The van der Waals surface area contributed by atoms with E-state index in [-0.39, 0.29) is 18.1 Å². The third-order valence-corrected chi connectivity index (χ3v) is 1.26. The number of cyclic esters (lactones) is 1. The highest BCUT2D eigenvalue weighted by Crippen LogP contribution is 2.06. The van der Waals surface area contributed by atoms with Gasteiger partial charge in [0.25, 0.3) is 0 Å². The van der Waals surface area contributed by atoms with E-state index in [0.29, 0.717) is 5.90 Å². The molecule has 1 aliphatic rings. The van der Waals surface area contributed by atoms with E-state index in [9.17, 15) is 4.79 Å². The van der Waals surface area contributed by atoms with E-state index < -0.39 is 0 Å². The Morgan fingerprint density at radius 3 is 2.60 bits per heavy atom. The van der Waals surface area contributed by atoms with Gasteiger partial charge >= 0.3 is 5.97 Å². The average Bonchev–Trinajstić information content (AvgIpc) is 2.13. The Hall–Kier alpha value is -0.900. The summed E-state index contributed by atoms with van der Waals surface area (Å²) >= 11 is 0. The van der Waals surface area contributed by atoms with Crippen molar-refractivity contribution < 1.29 is 9.53 Å². The first-order chi connectivity index (χ1) is 4.61. The highest BCUT2D eigenvalue weighted by molar-refractivity contribution is 5.99. The van der Waals surface area contributed by atoms with Crippen LogP contribution in [0.3, 0.4) is 0 Å². The molecule has 0 aromatic carbocycles. The maximum Gasteiger partial charge on any atom is 0.337 e. The maximum absolute atomic E-state index is 10.7. The van der Waals surface area contributed by atoms with Crippen LogP contribution in [0.4, 0.5) is 0 Å². The molecule has 0 saturated carbocycles. The number of carbonyl (C=O) groups excluding carboxylic acids is 1. The summed E-state index contributed by atoms with van der Waals surface area (Å²) in [6.45, 7) is 3.40. The molecular formula is C6H10N2O2. The van der Waals surface area contributed by atoms with Crippen molar-refractivity contribution in [3.8, 4) is 0 Å². The number of nitrogens with zero attached hydrogens (tertiary/aromatic N) is 1. The number of hydrogen-bond donors (Lipinski definition) is 1. The first-order valence-electron chi connectivity index (χ1n) is 3.16. The lowest BCUT2D eigenvalue weighted by Crippen LogP contribution is -2.27. The predicted molar refractivity (Wildman–Crippen MR) is 36.6 cm³/mol. The highest BCUT2D eigenvalue weighted by Gasteiger charge is 2.26. The van der Waals surface area contributed by atoms with Crippen LogP contribution in [0, 0.1) is 0 Å². The van der Waals surface area contributed by atoms with Crippen molar-refractivity contribution in [2.75, 3.05) is 0 Å². The Morgan fingerprint density at radius 1 is 1.80 bits per heavy atom. The topological polar surface area (TPSA) is 64.7 Å². The Morgan fingerprint density at radius 2 is 2.40 bits per heavy atom. The van der Waals surface area contributed by atoms with Gasteiger partial charge in [-0.05, 0) is 13.8 Å². The molecule has 0 fully saturated rings. The predicted octanol–water partition coefficient (Wildman–Crippen LogP) is -0.323. The standard InChI is InChI=1S/C6H10N2O2/c1-3(7)5-8-4(2)6(9)10-5/h3-4H,7H2,1-2H3/t3-,4+/m0/s1. The Kier molecular flexibility index (Phi) is 1.72. The smallest absolute Gasteiger partial charge is 0.337 e. The second-order valence-electron chi connectivity index (χ2n) is 2.35. The van der Waals surface area contributed by atoms with Gasteiger partial charge in [0.05, 0.1) is 6.04 Å². The molecule has 0 saturated heterocycles. The van der Waals surface area contributed by atoms with Crippen LogP contribution in [-0.4, -0.2) is 24.0 Å². The summed E-state index contributed by atoms with van der Waals surface area (Å²) in [7, 11) is 0. The van der Waals surface area contributed by atoms with Gasteiger partial charge in [-0.2, -0.15) is 0 Å². The minimum absolute atomic E-state index is 0.283. The van der Waals surface area contributed by atoms with Crippen LogP contribution in [0.15, 0.2) is 4.99 Å². The van der Waals surface area contributed by atoms with Gasteiger partial charge in [-0.1, -0.05) is 0 Å². The first-order valence-corrected chi connectivity index (χ1v) is 3.16. The van der Waals surface area contributed by atoms with Crippen molar-refractivity contribution in [3.05, 3.63) is 0 Å². The second kappa shape index (κ2) is 2.38. The molecule has 2 atom stereocenters. The highest BCUT2D eigenvalue weighted by atomic mass is 16.6. The number of hydrogen-bond acceptors (Lipinski definition) is 4. The molecule has 0 amide bonds. The molecule has 4 heteroatoms. The molecule has 10 heavy (non-hydrogen) atoms. The minimum atomic E-state index is -0.374. The molecule has 56 valence electrons. The van der Waals surface area contributed by atoms with Crippen LogP contribution < -0.4 is 5.73 Å². The summed E-state index contributed by atoms with van der Waals surface area (Å²) in [5.41, 5.74) is 5.41. The van der Waals surface area contributed by atoms with Gasteiger partial charge in [0, 0.05) is 0 Å². The molecule has 1 rings (SSSR count). The SMILES string of the molecule is C[C@H](N)C1=N[C@H](C)C(=O)O1. The normalized spacial score (nSPS) is 27.7. The largest absolute Gasteiger partial charge is 0.409 e. The summed E-state index contributed by atoms with van der Waals surface area (Å²) < 4.78 is 4.72. The monoisotopic (exact) mass is 142 g/mol. The van der Waals surface area contributed by atoms with E-state index in [1.807, 2.05) is 0 Å². The van der Waals surface area contributed by atoms with E-state index in [1.165, 1.54) is 0 Å². The molecule has 0 bridgehead atoms. The fourth-order valence-electron chi connectivity index (χ4n) is 0.669. The van der Waals surface area contributed by atoms with Gasteiger partial charge in [0.15, 0.2) is 0 Å². The van der Waals surface area contributed by atoms with Crippen LogP contribution in [0.1, 0.15) is 13.8 Å². The van der Waals surface area contributed by atoms with E-state index in [4.69, 9.17) is 10.5 Å². The number of nitrogens with two attached hydrogens (primary N) is 1. The van der Waals surface area contributed by atoms with Gasteiger partial charge < -0.3 is 10.5 Å². The van der Waals surface area contributed by atoms with Crippen LogP contribution in [0.25, 0.3) is 0 Å². The molecule has 1 aliphatic heterocycles. The van der Waals surface area contributed by atoms with Crippen LogP contribution in [0.2, 0.25) is 0 Å². The molecule has 2 N–H and O–H groups in total. The summed E-state index contributed by atoms with van der Waals surface area (Å²) in [6, 6.07) is -0.658. The molecular weight excluding hydrogens is 132 g/mol. The van der Waals surface area contributed by atoms with Crippen molar-refractivity contribution in [2.24, 2.45) is 10.7 Å². The van der Waals surface area contributed by atoms with E-state index in [1.54, 1.807) is 13.8 Å². The van der Waals surface area contributed by atoms with Gasteiger partial charge in [-0.25, -0.2) is 9.79 Å². The number of aliphatic imine (C=N–C) groups is 1. The van der Waals surface area contributed by atoms with Crippen LogP contribution >= 0.6 is 0 Å². The van der Waals surface area contributed by atoms with Crippen LogP contribution in [0.5, 0.6) is 0 Å². The zero-order chi connectivity index (χ0) is 7.72. The molecule has 0 unspecified atom stereocenters. The number of esters is 1. The molecule has 0 aromatic rings. The molecule has 0 aliphatic carbocycles. The van der Waals surface area contributed by atoms with Gasteiger partial charge in [0.2, 0.25) is 5.90 Å². The molecule has 1 heterocycles. The summed E-state index contributed by atoms with van der Waals surface area (Å²) in [5.74, 6) is 0.0322. The van der Waals surface area contributed by atoms with Crippen LogP contribution in [-0.2, 0) is 9.53 Å². The van der Waals surface area contributed by atoms with Crippen molar-refractivity contribution in [3.63, 3.8) is 0 Å². The Bertz CT molecular complexity index is 186. The zero-order valence-electron chi connectivity index (χ0n) is 6.00. The lowest BCUT2D eigenvalue weighted by molar-refractivity contribution is -0.134. The Balaban J connectivity index is 2.67. The van der Waals surface area contributed by atoms with Crippen molar-refractivity contribution >= 4 is 11.9 Å². The third-order valence-electron chi connectivity index (χ3n) is 1.26. The number of ether oxygens (including phenoxy) is 1. The lowest BCUT2D eigenvalue weighted by Gasteiger charge is -2.00. The van der Waals surface area contributed by atoms with Gasteiger partial charge in [-0.15, -0.1) is 0 Å². The summed E-state index contributed by atoms with van der Waals surface area (Å²) in [4.78, 5) is 14.6. The minimum Gasteiger partial charge on any atom is -0.409 e. The van der Waals surface area contributed by atoms with Gasteiger partial charge in [-0.3, -0.25) is 0 Å². The number of carbonyl (C=O) groups is 1. The van der Waals surface area contributed by atoms with Gasteiger partial charge in [0.1, 0.15) is 6.04 Å². The molecule has 0 aromatic heterocycles. The van der Waals surface area contributed by atoms with E-state index in [0.717, 1.165) is 0 Å². The Labute approximate surface area is 59.1 Å². The lowest BCUT2D eigenvalue weighted by atomic mass is 10.3. The third kappa shape index (κ3) is 1.16. The zero-order valence-corrected chi connectivity index (χ0v) is 6.00. The second-order valence-corrected chi connectivity index (χ2v) is 2.35. The quantitative estimate of drug-likeness (QED) is 0.510.